The summed E-state index contributed by atoms with van der Waals surface area (Å²) in [5, 5.41) is 10.5. The van der Waals surface area contributed by atoms with Crippen molar-refractivity contribution in [3.63, 3.8) is 0 Å². The lowest BCUT2D eigenvalue weighted by Gasteiger charge is -1.97. The molecule has 0 aliphatic carbocycles. The second kappa shape index (κ2) is 17.0. The fourth-order valence-corrected chi connectivity index (χ4v) is 1.40. The van der Waals surface area contributed by atoms with E-state index in [1.54, 1.807) is 24.1 Å². The van der Waals surface area contributed by atoms with Crippen LogP contribution < -0.4 is 0 Å². The van der Waals surface area contributed by atoms with Crippen LogP contribution in [0.4, 0.5) is 5.69 Å². The molecule has 10 heteroatoms. The van der Waals surface area contributed by atoms with E-state index < -0.39 is 4.92 Å². The summed E-state index contributed by atoms with van der Waals surface area (Å²) < 4.78 is 0. The minimum Gasteiger partial charge on any atom is -0.258 e. The van der Waals surface area contributed by atoms with Crippen LogP contribution in [-0.2, 0) is 0 Å². The number of benzene rings is 1. The number of hydrogen-bond acceptors (Lipinski definition) is 7. The molecule has 0 fully saturated rings. The van der Waals surface area contributed by atoms with Gasteiger partial charge in [-0.15, -0.1) is 12.0 Å². The Morgan fingerprint density at radius 1 is 1.21 bits per heavy atom. The number of nitro groups is 1. The molecule has 1 aromatic heterocycles. The standard InChI is InChI=1S/C9H7N3O2.C9H4.HN3.O2.H2/c1-6-5-10-9-4-7(12(13)14)2-3-8(9)11-6;1-3-5-7-9-8-6-4-2;1-3-2;1-2;/h2-5H,1H3;1H,2H3;1H;;1H. The molecule has 1 aromatic carbocycles. The zero-order valence-electron chi connectivity index (χ0n) is 14.8. The summed E-state index contributed by atoms with van der Waals surface area (Å²) in [6.07, 6.45) is 6.41. The molecule has 0 saturated heterocycles. The summed E-state index contributed by atoms with van der Waals surface area (Å²) in [5.74, 6) is 17.0. The first kappa shape index (κ1) is 25.4. The van der Waals surface area contributed by atoms with Crippen molar-refractivity contribution in [3.05, 3.63) is 60.6 Å². The lowest BCUT2D eigenvalue weighted by Crippen LogP contribution is -1.91. The van der Waals surface area contributed by atoms with Gasteiger partial charge in [0.25, 0.3) is 5.69 Å². The molecule has 0 saturated carbocycles. The van der Waals surface area contributed by atoms with E-state index in [-0.39, 0.29) is 7.11 Å². The first-order valence-corrected chi connectivity index (χ1v) is 6.92. The number of nitro benzene ring substituents is 1. The highest BCUT2D eigenvalue weighted by atomic mass is 16.7. The topological polar surface area (TPSA) is 163 Å². The molecule has 0 aliphatic rings. The highest BCUT2D eigenvalue weighted by molar-refractivity contribution is 5.76. The van der Waals surface area contributed by atoms with Crippen LogP contribution in [0.15, 0.2) is 24.4 Å². The molecule has 1 N–H and O–H groups in total. The second-order valence-electron chi connectivity index (χ2n) is 4.06. The van der Waals surface area contributed by atoms with E-state index in [0.717, 1.165) is 5.69 Å². The summed E-state index contributed by atoms with van der Waals surface area (Å²) in [7, 11) is 0. The Morgan fingerprint density at radius 2 is 1.79 bits per heavy atom. The first-order chi connectivity index (χ1) is 13.5. The van der Waals surface area contributed by atoms with Gasteiger partial charge < -0.3 is 0 Å². The maximum absolute atomic E-state index is 10.5. The van der Waals surface area contributed by atoms with Gasteiger partial charge in [-0.1, -0.05) is 5.92 Å². The third-order valence-corrected chi connectivity index (χ3v) is 2.30. The first-order valence-electron chi connectivity index (χ1n) is 6.92. The third-order valence-electron chi connectivity index (χ3n) is 2.30. The number of non-ortho nitro benzene ring substituents is 1. The summed E-state index contributed by atoms with van der Waals surface area (Å²) in [5.41, 5.74) is 14.3. The van der Waals surface area contributed by atoms with Gasteiger partial charge in [-0.25, -0.2) is 4.98 Å². The third kappa shape index (κ3) is 11.6. The van der Waals surface area contributed by atoms with Crippen molar-refractivity contribution in [2.75, 3.05) is 0 Å². The van der Waals surface area contributed by atoms with Crippen LogP contribution in [-0.4, -0.2) is 14.9 Å². The molecule has 0 spiro atoms. The van der Waals surface area contributed by atoms with E-state index in [1.807, 2.05) is 6.92 Å². The van der Waals surface area contributed by atoms with Crippen LogP contribution >= 0.6 is 0 Å². The Balaban J connectivity index is -0.000000394. The van der Waals surface area contributed by atoms with Crippen molar-refractivity contribution in [3.8, 4) is 47.9 Å². The monoisotopic (exact) mass is 378 g/mol. The van der Waals surface area contributed by atoms with Gasteiger partial charge in [-0.3, -0.25) is 15.1 Å². The number of terminal acetylenes is 1. The second-order valence-corrected chi connectivity index (χ2v) is 4.06. The number of nitrogens with zero attached hydrogens (tertiary/aromatic N) is 5. The number of aryl methyl sites for hydroxylation is 1. The Kier molecular flexibility index (Phi) is 15.3. The van der Waals surface area contributed by atoms with E-state index in [2.05, 4.69) is 51.4 Å². The Labute approximate surface area is 161 Å². The van der Waals surface area contributed by atoms with Gasteiger partial charge in [-0.05, 0) is 65.9 Å². The van der Waals surface area contributed by atoms with Crippen LogP contribution in [0.2, 0.25) is 0 Å². The maximum Gasteiger partial charge on any atom is 0.271 e. The molecule has 0 radical (unpaired) electrons. The van der Waals surface area contributed by atoms with Gasteiger partial charge in [0.2, 0.25) is 0 Å². The lowest BCUT2D eigenvalue weighted by molar-refractivity contribution is -0.384. The molecule has 140 valence electrons. The molecule has 2 aromatic rings. The van der Waals surface area contributed by atoms with E-state index in [0.29, 0.717) is 11.0 Å². The van der Waals surface area contributed by atoms with Crippen LogP contribution in [0, 0.1) is 80.4 Å². The number of hydrogen-bond donors (Lipinski definition) is 1. The molecule has 0 unspecified atom stereocenters. The highest BCUT2D eigenvalue weighted by Gasteiger charge is 2.06. The zero-order chi connectivity index (χ0) is 21.8. The minimum atomic E-state index is -0.443. The van der Waals surface area contributed by atoms with Crippen LogP contribution in [0.1, 0.15) is 14.0 Å². The maximum atomic E-state index is 10.5. The molecular weight excluding hydrogens is 364 g/mol. The average Bonchev–Trinajstić information content (AvgIpc) is 2.70. The van der Waals surface area contributed by atoms with Gasteiger partial charge in [0, 0.05) is 29.7 Å². The van der Waals surface area contributed by atoms with Crippen molar-refractivity contribution in [2.24, 2.45) is 0 Å². The van der Waals surface area contributed by atoms with Gasteiger partial charge >= 0.3 is 0 Å². The summed E-state index contributed by atoms with van der Waals surface area (Å²) in [4.78, 5) is 34.0. The molecule has 28 heavy (non-hydrogen) atoms. The lowest BCUT2D eigenvalue weighted by atomic mass is 10.2. The fourth-order valence-electron chi connectivity index (χ4n) is 1.40. The minimum absolute atomic E-state index is 0. The van der Waals surface area contributed by atoms with Crippen molar-refractivity contribution in [2.45, 2.75) is 13.8 Å². The normalized spacial score (nSPS) is 6.75. The van der Waals surface area contributed by atoms with E-state index in [4.69, 9.17) is 27.4 Å². The largest absolute Gasteiger partial charge is 0.271 e. The zero-order valence-corrected chi connectivity index (χ0v) is 14.8. The van der Waals surface area contributed by atoms with Crippen LogP contribution in [0.3, 0.4) is 0 Å². The van der Waals surface area contributed by atoms with E-state index in [9.17, 15) is 10.1 Å². The molecule has 0 atom stereocenters. The summed E-state index contributed by atoms with van der Waals surface area (Å²) >= 11 is 0. The number of fused-ring (bicyclic) bond motifs is 1. The molecule has 0 bridgehead atoms. The quantitative estimate of drug-likeness (QED) is 0.198. The predicted octanol–water partition coefficient (Wildman–Crippen LogP) is 3.68. The van der Waals surface area contributed by atoms with Crippen molar-refractivity contribution < 1.29 is 6.35 Å². The highest BCUT2D eigenvalue weighted by Crippen LogP contribution is 2.17. The van der Waals surface area contributed by atoms with Gasteiger partial charge in [0.1, 0.15) is 0 Å². The SMILES string of the molecule is C#CC#CC#CC#CC.Cc1cnc2cc([N+](=O)[O-])ccc2n1.O=O.[HH].[N-]=[N+]=N. The summed E-state index contributed by atoms with van der Waals surface area (Å²) in [6.45, 7) is 3.54. The number of rotatable bonds is 1. The molecular formula is C18H14N6O4. The number of aromatic nitrogens is 2. The van der Waals surface area contributed by atoms with E-state index >= 15 is 0 Å². The van der Waals surface area contributed by atoms with Gasteiger partial charge in [0.05, 0.1) is 21.7 Å². The molecule has 2 rings (SSSR count). The Bertz CT molecular complexity index is 1070. The van der Waals surface area contributed by atoms with Crippen molar-refractivity contribution in [1.82, 2.24) is 9.97 Å². The van der Waals surface area contributed by atoms with Crippen molar-refractivity contribution in [1.29, 1.82) is 5.53 Å². The van der Waals surface area contributed by atoms with E-state index in [1.165, 1.54) is 12.1 Å². The van der Waals surface area contributed by atoms with Gasteiger partial charge in [-0.2, -0.15) is 0 Å². The van der Waals surface area contributed by atoms with Crippen LogP contribution in [0.25, 0.3) is 21.5 Å². The molecule has 1 heterocycles. The Hall–Kier alpha value is -4.89. The Morgan fingerprint density at radius 3 is 2.32 bits per heavy atom. The van der Waals surface area contributed by atoms with Crippen LogP contribution in [0.5, 0.6) is 0 Å². The fraction of sp³-hybridized carbons (Fsp3) is 0.111. The molecule has 10 nitrogen and oxygen atoms in total. The smallest absolute Gasteiger partial charge is 0.258 e. The predicted molar refractivity (Wildman–Crippen MR) is 107 cm³/mol. The molecule has 0 aliphatic heterocycles. The average molecular weight is 378 g/mol. The van der Waals surface area contributed by atoms with Gasteiger partial charge in [0.15, 0.2) is 0 Å². The number of nitrogens with one attached hydrogen (secondary N) is 1. The molecule has 0 amide bonds. The van der Waals surface area contributed by atoms with Crippen molar-refractivity contribution >= 4 is 16.7 Å². The summed E-state index contributed by atoms with van der Waals surface area (Å²) in [6, 6.07) is 4.45.